The summed E-state index contributed by atoms with van der Waals surface area (Å²) in [5.74, 6) is -14.1. The molecule has 1 aromatic rings. The van der Waals surface area contributed by atoms with Crippen LogP contribution in [-0.2, 0) is 4.74 Å². The van der Waals surface area contributed by atoms with E-state index in [9.17, 15) is 26.7 Å². The molecule has 0 atom stereocenters. The quantitative estimate of drug-likeness (QED) is 0.229. The zero-order valence-corrected chi connectivity index (χ0v) is 8.73. The van der Waals surface area contributed by atoms with E-state index in [0.717, 1.165) is 7.11 Å². The van der Waals surface area contributed by atoms with Crippen LogP contribution >= 0.6 is 0 Å². The lowest BCUT2D eigenvalue weighted by atomic mass is 10.1. The molecule has 0 saturated heterocycles. The number of aliphatic hydroxyl groups excluding tert-OH is 1. The number of hydrogen-bond donors (Lipinski definition) is 1. The summed E-state index contributed by atoms with van der Waals surface area (Å²) in [7, 11) is 0.928. The van der Waals surface area contributed by atoms with E-state index in [0.29, 0.717) is 0 Å². The Labute approximate surface area is 97.1 Å². The molecule has 98 valence electrons. The second kappa shape index (κ2) is 5.03. The number of methoxy groups -OCH3 is 1. The summed E-state index contributed by atoms with van der Waals surface area (Å²) in [6.45, 7) is 0. The molecule has 0 aliphatic rings. The van der Waals surface area contributed by atoms with Crippen LogP contribution < -0.4 is 0 Å². The van der Waals surface area contributed by atoms with Crippen LogP contribution in [0.15, 0.2) is 12.0 Å². The molecule has 0 saturated carbocycles. The SMILES string of the molecule is CO/C(O)=C/C(=O)c1c(F)c(F)c(F)c(F)c1F. The monoisotopic (exact) mass is 268 g/mol. The van der Waals surface area contributed by atoms with Crippen molar-refractivity contribution >= 4 is 5.78 Å². The van der Waals surface area contributed by atoms with E-state index in [2.05, 4.69) is 4.74 Å². The van der Waals surface area contributed by atoms with E-state index in [1.54, 1.807) is 0 Å². The first kappa shape index (κ1) is 13.9. The lowest BCUT2D eigenvalue weighted by Crippen LogP contribution is -2.11. The van der Waals surface area contributed by atoms with Crippen molar-refractivity contribution in [2.75, 3.05) is 7.11 Å². The molecule has 0 aliphatic heterocycles. The minimum atomic E-state index is -2.37. The number of rotatable bonds is 3. The van der Waals surface area contributed by atoms with E-state index in [4.69, 9.17) is 5.11 Å². The Balaban J connectivity index is 3.47. The normalized spacial score (nSPS) is 11.6. The van der Waals surface area contributed by atoms with Crippen LogP contribution in [0.2, 0.25) is 0 Å². The van der Waals surface area contributed by atoms with Crippen molar-refractivity contribution in [3.05, 3.63) is 46.7 Å². The van der Waals surface area contributed by atoms with Gasteiger partial charge in [-0.3, -0.25) is 4.79 Å². The van der Waals surface area contributed by atoms with Crippen molar-refractivity contribution in [3.63, 3.8) is 0 Å². The number of hydrogen-bond acceptors (Lipinski definition) is 3. The average molecular weight is 268 g/mol. The van der Waals surface area contributed by atoms with E-state index < -0.39 is 46.4 Å². The average Bonchev–Trinajstić information content (AvgIpc) is 2.34. The first-order chi connectivity index (χ1) is 8.31. The highest BCUT2D eigenvalue weighted by atomic mass is 19.2. The molecule has 0 fully saturated rings. The fourth-order valence-electron chi connectivity index (χ4n) is 1.06. The molecule has 18 heavy (non-hydrogen) atoms. The standard InChI is InChI=1S/C10H5F5O3/c1-18-4(17)2-3(16)5-6(11)8(13)10(15)9(14)7(5)12/h2,17H,1H3/b4-2+. The second-order valence-corrected chi connectivity index (χ2v) is 3.00. The predicted octanol–water partition coefficient (Wildman–Crippen LogP) is 2.61. The fourth-order valence-corrected chi connectivity index (χ4v) is 1.06. The lowest BCUT2D eigenvalue weighted by Gasteiger charge is -2.05. The van der Waals surface area contributed by atoms with Crippen molar-refractivity contribution < 1.29 is 36.6 Å². The fraction of sp³-hybridized carbons (Fsp3) is 0.100. The Kier molecular flexibility index (Phi) is 3.89. The maximum atomic E-state index is 13.1. The van der Waals surface area contributed by atoms with Gasteiger partial charge in [-0.25, -0.2) is 22.0 Å². The highest BCUT2D eigenvalue weighted by Gasteiger charge is 2.29. The molecule has 0 spiro atoms. The molecule has 1 aromatic carbocycles. The number of carbonyl (C=O) groups excluding carboxylic acids is 1. The number of aliphatic hydroxyl groups is 1. The predicted molar refractivity (Wildman–Crippen MR) is 48.3 cm³/mol. The molecule has 1 N–H and O–H groups in total. The van der Waals surface area contributed by atoms with Gasteiger partial charge in [0, 0.05) is 0 Å². The third-order valence-electron chi connectivity index (χ3n) is 1.92. The number of allylic oxidation sites excluding steroid dienone is 1. The van der Waals surface area contributed by atoms with Crippen LogP contribution in [-0.4, -0.2) is 18.0 Å². The molecule has 0 unspecified atom stereocenters. The first-order valence-electron chi connectivity index (χ1n) is 4.31. The maximum Gasteiger partial charge on any atom is 0.280 e. The Morgan fingerprint density at radius 2 is 1.39 bits per heavy atom. The van der Waals surface area contributed by atoms with Crippen molar-refractivity contribution in [1.29, 1.82) is 0 Å². The molecule has 0 heterocycles. The van der Waals surface area contributed by atoms with Gasteiger partial charge < -0.3 is 9.84 Å². The van der Waals surface area contributed by atoms with Crippen LogP contribution in [0.3, 0.4) is 0 Å². The van der Waals surface area contributed by atoms with Gasteiger partial charge in [-0.1, -0.05) is 0 Å². The van der Waals surface area contributed by atoms with E-state index in [1.807, 2.05) is 0 Å². The Hall–Kier alpha value is -2.12. The molecule has 0 bridgehead atoms. The Bertz CT molecular complexity index is 510. The molecule has 3 nitrogen and oxygen atoms in total. The van der Waals surface area contributed by atoms with Crippen molar-refractivity contribution in [2.24, 2.45) is 0 Å². The van der Waals surface area contributed by atoms with Crippen LogP contribution in [0.25, 0.3) is 0 Å². The summed E-state index contributed by atoms with van der Waals surface area (Å²) in [4.78, 5) is 11.2. The van der Waals surface area contributed by atoms with Gasteiger partial charge in [0.05, 0.1) is 18.7 Å². The van der Waals surface area contributed by atoms with Crippen LogP contribution in [0, 0.1) is 29.1 Å². The van der Waals surface area contributed by atoms with Crippen molar-refractivity contribution in [3.8, 4) is 0 Å². The van der Waals surface area contributed by atoms with Gasteiger partial charge in [-0.15, -0.1) is 0 Å². The van der Waals surface area contributed by atoms with Crippen LogP contribution in [0.5, 0.6) is 0 Å². The third kappa shape index (κ3) is 2.27. The molecule has 0 aliphatic carbocycles. The number of carbonyl (C=O) groups is 1. The minimum Gasteiger partial charge on any atom is -0.481 e. The van der Waals surface area contributed by atoms with E-state index in [-0.39, 0.29) is 6.08 Å². The van der Waals surface area contributed by atoms with Gasteiger partial charge in [0.2, 0.25) is 5.82 Å². The third-order valence-corrected chi connectivity index (χ3v) is 1.92. The highest BCUT2D eigenvalue weighted by Crippen LogP contribution is 2.23. The van der Waals surface area contributed by atoms with Gasteiger partial charge >= 0.3 is 0 Å². The molecule has 0 amide bonds. The largest absolute Gasteiger partial charge is 0.481 e. The highest BCUT2D eigenvalue weighted by molar-refractivity contribution is 6.05. The molecular formula is C10H5F5O3. The van der Waals surface area contributed by atoms with Crippen LogP contribution in [0.4, 0.5) is 22.0 Å². The Morgan fingerprint density at radius 3 is 1.78 bits per heavy atom. The Morgan fingerprint density at radius 1 is 1.00 bits per heavy atom. The summed E-state index contributed by atoms with van der Waals surface area (Å²) in [6, 6.07) is 0. The van der Waals surface area contributed by atoms with Crippen LogP contribution in [0.1, 0.15) is 10.4 Å². The maximum absolute atomic E-state index is 13.1. The second-order valence-electron chi connectivity index (χ2n) is 3.00. The summed E-state index contributed by atoms with van der Waals surface area (Å²) >= 11 is 0. The minimum absolute atomic E-state index is 0.179. The zero-order chi connectivity index (χ0) is 14.0. The van der Waals surface area contributed by atoms with Crippen molar-refractivity contribution in [2.45, 2.75) is 0 Å². The number of ketones is 1. The molecular weight excluding hydrogens is 263 g/mol. The van der Waals surface area contributed by atoms with Crippen molar-refractivity contribution in [1.82, 2.24) is 0 Å². The summed E-state index contributed by atoms with van der Waals surface area (Å²) in [5, 5.41) is 8.78. The van der Waals surface area contributed by atoms with Gasteiger partial charge in [-0.05, 0) is 0 Å². The summed E-state index contributed by atoms with van der Waals surface area (Å²) < 4.78 is 68.5. The number of benzene rings is 1. The molecule has 1 rings (SSSR count). The topological polar surface area (TPSA) is 46.5 Å². The molecule has 0 radical (unpaired) electrons. The first-order valence-corrected chi connectivity index (χ1v) is 4.31. The van der Waals surface area contributed by atoms with E-state index >= 15 is 0 Å². The molecule has 0 aromatic heterocycles. The number of halogens is 5. The number of ether oxygens (including phenoxy) is 1. The summed E-state index contributed by atoms with van der Waals surface area (Å²) in [6.07, 6.45) is 0.179. The van der Waals surface area contributed by atoms with Gasteiger partial charge in [0.1, 0.15) is 0 Å². The van der Waals surface area contributed by atoms with Gasteiger partial charge in [0.15, 0.2) is 29.1 Å². The van der Waals surface area contributed by atoms with Gasteiger partial charge in [0.25, 0.3) is 5.95 Å². The lowest BCUT2D eigenvalue weighted by molar-refractivity contribution is 0.0992. The van der Waals surface area contributed by atoms with E-state index in [1.165, 1.54) is 0 Å². The zero-order valence-electron chi connectivity index (χ0n) is 8.73. The van der Waals surface area contributed by atoms with Gasteiger partial charge in [-0.2, -0.15) is 0 Å². The summed E-state index contributed by atoms with van der Waals surface area (Å²) in [5.41, 5.74) is -1.67. The molecule has 8 heteroatoms. The smallest absolute Gasteiger partial charge is 0.280 e.